The van der Waals surface area contributed by atoms with Crippen LogP contribution in [0.2, 0.25) is 0 Å². The van der Waals surface area contributed by atoms with Gasteiger partial charge in [-0.1, -0.05) is 0 Å². The van der Waals surface area contributed by atoms with Gasteiger partial charge in [-0.05, 0) is 33.5 Å². The highest BCUT2D eigenvalue weighted by molar-refractivity contribution is 9.10. The molecule has 1 N–H and O–H groups in total. The second-order valence-corrected chi connectivity index (χ2v) is 3.38. The predicted octanol–water partition coefficient (Wildman–Crippen LogP) is 2.39. The first-order valence-corrected chi connectivity index (χ1v) is 4.02. The first-order chi connectivity index (χ1) is 4.36. The molecule has 9 heavy (non-hydrogen) atoms. The molecule has 0 radical (unpaired) electrons. The van der Waals surface area contributed by atoms with Crippen molar-refractivity contribution in [1.82, 2.24) is 9.36 Å². The second-order valence-electron chi connectivity index (χ2n) is 1.73. The van der Waals surface area contributed by atoms with Crippen LogP contribution in [0, 0.1) is 0 Å². The third kappa shape index (κ3) is 0.784. The maximum atomic E-state index is 3.99. The lowest BCUT2D eigenvalue weighted by Crippen LogP contribution is -1.54. The van der Waals surface area contributed by atoms with E-state index in [9.17, 15) is 0 Å². The minimum Gasteiger partial charge on any atom is -0.340 e. The fourth-order valence-electron chi connectivity index (χ4n) is 0.726. The molecule has 2 rings (SSSR count). The number of aromatic amines is 1. The van der Waals surface area contributed by atoms with Crippen molar-refractivity contribution in [2.45, 2.75) is 0 Å². The molecule has 46 valence electrons. The number of hydrogen-bond acceptors (Lipinski definition) is 2. The maximum absolute atomic E-state index is 3.99. The van der Waals surface area contributed by atoms with Crippen LogP contribution in [0.15, 0.2) is 16.9 Å². The Balaban J connectivity index is 2.92. The summed E-state index contributed by atoms with van der Waals surface area (Å²) in [6.45, 7) is 0. The van der Waals surface area contributed by atoms with E-state index in [-0.39, 0.29) is 0 Å². The predicted molar refractivity (Wildman–Crippen MR) is 41.7 cm³/mol. The number of fused-ring (bicyclic) bond motifs is 1. The lowest BCUT2D eigenvalue weighted by atomic mass is 10.5. The van der Waals surface area contributed by atoms with Crippen molar-refractivity contribution in [3.8, 4) is 0 Å². The van der Waals surface area contributed by atoms with E-state index < -0.39 is 0 Å². The number of aromatic nitrogens is 2. The summed E-state index contributed by atoms with van der Waals surface area (Å²) in [5.74, 6) is 0. The van der Waals surface area contributed by atoms with E-state index in [1.54, 1.807) is 0 Å². The second kappa shape index (κ2) is 1.82. The van der Waals surface area contributed by atoms with E-state index in [4.69, 9.17) is 0 Å². The molecular formula is C5H3BrN2S. The van der Waals surface area contributed by atoms with Crippen LogP contribution in [0.5, 0.6) is 0 Å². The lowest BCUT2D eigenvalue weighted by Gasteiger charge is -1.71. The zero-order valence-electron chi connectivity index (χ0n) is 4.39. The van der Waals surface area contributed by atoms with Gasteiger partial charge in [0.15, 0.2) is 0 Å². The van der Waals surface area contributed by atoms with Crippen LogP contribution in [0.4, 0.5) is 0 Å². The number of rotatable bonds is 0. The van der Waals surface area contributed by atoms with Gasteiger partial charge < -0.3 is 4.98 Å². The highest BCUT2D eigenvalue weighted by Crippen LogP contribution is 2.20. The molecule has 4 heteroatoms. The van der Waals surface area contributed by atoms with Crippen molar-refractivity contribution >= 4 is 37.7 Å². The molecule has 0 amide bonds. The molecule has 0 unspecified atom stereocenters. The summed E-state index contributed by atoms with van der Waals surface area (Å²) in [4.78, 5) is 4.24. The fourth-order valence-corrected chi connectivity index (χ4v) is 1.95. The molecule has 0 aliphatic rings. The van der Waals surface area contributed by atoms with Crippen molar-refractivity contribution < 1.29 is 0 Å². The smallest absolute Gasteiger partial charge is 0.121 e. The fraction of sp³-hybridized carbons (Fsp3) is 0. The molecule has 0 saturated carbocycles. The number of nitrogens with zero attached hydrogens (tertiary/aromatic N) is 1. The SMILES string of the molecule is Brc1cc2cnsc2[nH]1. The van der Waals surface area contributed by atoms with E-state index >= 15 is 0 Å². The van der Waals surface area contributed by atoms with E-state index in [2.05, 4.69) is 25.3 Å². The molecule has 0 fully saturated rings. The van der Waals surface area contributed by atoms with E-state index in [0.717, 1.165) is 9.43 Å². The molecule has 0 saturated heterocycles. The lowest BCUT2D eigenvalue weighted by molar-refractivity contribution is 1.43. The van der Waals surface area contributed by atoms with Crippen molar-refractivity contribution in [3.05, 3.63) is 16.9 Å². The molecule has 2 aromatic heterocycles. The highest BCUT2D eigenvalue weighted by atomic mass is 79.9. The van der Waals surface area contributed by atoms with Crippen LogP contribution in [-0.2, 0) is 0 Å². The van der Waals surface area contributed by atoms with Gasteiger partial charge in [0, 0.05) is 5.39 Å². The van der Waals surface area contributed by atoms with Crippen LogP contribution in [-0.4, -0.2) is 9.36 Å². The molecule has 0 aliphatic heterocycles. The number of H-pyrrole nitrogens is 1. The molecule has 2 heterocycles. The normalized spacial score (nSPS) is 10.8. The van der Waals surface area contributed by atoms with Gasteiger partial charge in [-0.3, -0.25) is 0 Å². The van der Waals surface area contributed by atoms with Crippen molar-refractivity contribution in [1.29, 1.82) is 0 Å². The van der Waals surface area contributed by atoms with Crippen molar-refractivity contribution in [2.75, 3.05) is 0 Å². The molecular weight excluding hydrogens is 200 g/mol. The average molecular weight is 203 g/mol. The van der Waals surface area contributed by atoms with Gasteiger partial charge in [0.05, 0.1) is 10.8 Å². The minimum atomic E-state index is 1.02. The Morgan fingerprint density at radius 1 is 1.67 bits per heavy atom. The Morgan fingerprint density at radius 2 is 2.56 bits per heavy atom. The van der Waals surface area contributed by atoms with Gasteiger partial charge in [-0.2, -0.15) is 4.37 Å². The first kappa shape index (κ1) is 5.44. The molecule has 2 aromatic rings. The van der Waals surface area contributed by atoms with Gasteiger partial charge in [0.1, 0.15) is 4.83 Å². The summed E-state index contributed by atoms with van der Waals surface area (Å²) in [5, 5.41) is 1.17. The first-order valence-electron chi connectivity index (χ1n) is 2.45. The minimum absolute atomic E-state index is 1.02. The van der Waals surface area contributed by atoms with Crippen LogP contribution in [0.1, 0.15) is 0 Å². The summed E-state index contributed by atoms with van der Waals surface area (Å²) in [6.07, 6.45) is 1.85. The van der Waals surface area contributed by atoms with E-state index in [0.29, 0.717) is 0 Å². The average Bonchev–Trinajstić information content (AvgIpc) is 2.22. The Morgan fingerprint density at radius 3 is 3.33 bits per heavy atom. The summed E-state index contributed by atoms with van der Waals surface area (Å²) < 4.78 is 5.01. The van der Waals surface area contributed by atoms with Gasteiger partial charge in [0.25, 0.3) is 0 Å². The highest BCUT2D eigenvalue weighted by Gasteiger charge is 1.97. The third-order valence-corrected chi connectivity index (χ3v) is 2.27. The number of hydrogen-bond donors (Lipinski definition) is 1. The zero-order chi connectivity index (χ0) is 6.27. The Bertz CT molecular complexity index is 296. The maximum Gasteiger partial charge on any atom is 0.121 e. The van der Waals surface area contributed by atoms with Crippen LogP contribution in [0.25, 0.3) is 10.2 Å². The largest absolute Gasteiger partial charge is 0.340 e. The summed E-state index contributed by atoms with van der Waals surface area (Å²) >= 11 is 4.80. The van der Waals surface area contributed by atoms with Crippen LogP contribution < -0.4 is 0 Å². The quantitative estimate of drug-likeness (QED) is 0.699. The Hall–Kier alpha value is -0.350. The summed E-state index contributed by atoms with van der Waals surface area (Å²) in [5.41, 5.74) is 0. The monoisotopic (exact) mass is 202 g/mol. The molecule has 0 spiro atoms. The molecule has 0 atom stereocenters. The van der Waals surface area contributed by atoms with Gasteiger partial charge in [-0.25, -0.2) is 0 Å². The van der Waals surface area contributed by atoms with Crippen LogP contribution >= 0.6 is 27.5 Å². The topological polar surface area (TPSA) is 28.7 Å². The Labute approximate surface area is 64.2 Å². The van der Waals surface area contributed by atoms with E-state index in [1.165, 1.54) is 16.9 Å². The number of halogens is 1. The third-order valence-electron chi connectivity index (χ3n) is 1.11. The van der Waals surface area contributed by atoms with Crippen LogP contribution in [0.3, 0.4) is 0 Å². The summed E-state index contributed by atoms with van der Waals surface area (Å²) in [6, 6.07) is 2.01. The molecule has 0 aromatic carbocycles. The van der Waals surface area contributed by atoms with Crippen molar-refractivity contribution in [3.63, 3.8) is 0 Å². The van der Waals surface area contributed by atoms with Gasteiger partial charge in [-0.15, -0.1) is 0 Å². The standard InChI is InChI=1S/C5H3BrN2S/c6-4-1-3-2-7-9-5(3)8-4/h1-2,8H. The molecule has 0 bridgehead atoms. The zero-order valence-corrected chi connectivity index (χ0v) is 6.79. The van der Waals surface area contributed by atoms with Gasteiger partial charge >= 0.3 is 0 Å². The molecule has 0 aliphatic carbocycles. The van der Waals surface area contributed by atoms with Crippen molar-refractivity contribution in [2.24, 2.45) is 0 Å². The van der Waals surface area contributed by atoms with Gasteiger partial charge in [0.2, 0.25) is 0 Å². The van der Waals surface area contributed by atoms with E-state index in [1.807, 2.05) is 12.3 Å². The Kier molecular flexibility index (Phi) is 1.10. The molecule has 2 nitrogen and oxygen atoms in total. The summed E-state index contributed by atoms with van der Waals surface area (Å²) in [7, 11) is 0. The number of nitrogens with one attached hydrogen (secondary N) is 1.